The number of ketones is 2. The summed E-state index contributed by atoms with van der Waals surface area (Å²) in [6.45, 7) is 15.4. The minimum absolute atomic E-state index is 0.0566. The van der Waals surface area contributed by atoms with Crippen molar-refractivity contribution in [2.45, 2.75) is 90.4 Å². The Hall–Kier alpha value is -3.09. The van der Waals surface area contributed by atoms with E-state index in [1.54, 1.807) is 0 Å². The summed E-state index contributed by atoms with van der Waals surface area (Å²) in [4.78, 5) is 34.4. The average molecular weight is 765 g/mol. The lowest BCUT2D eigenvalue weighted by Gasteiger charge is -2.55. The van der Waals surface area contributed by atoms with Gasteiger partial charge in [-0.05, 0) is 112 Å². The molecule has 0 radical (unpaired) electrons. The molecule has 6 rings (SSSR count). The Labute approximate surface area is 305 Å². The van der Waals surface area contributed by atoms with E-state index in [1.807, 2.05) is 70.3 Å². The first-order chi connectivity index (χ1) is 23.3. The second-order valence-corrected chi connectivity index (χ2v) is 21.8. The van der Waals surface area contributed by atoms with Crippen molar-refractivity contribution in [1.82, 2.24) is 15.0 Å². The van der Waals surface area contributed by atoms with Gasteiger partial charge in [-0.1, -0.05) is 67.0 Å². The van der Waals surface area contributed by atoms with Gasteiger partial charge in [-0.25, -0.2) is 0 Å². The number of halogens is 1. The lowest BCUT2D eigenvalue weighted by Crippen LogP contribution is -2.65. The van der Waals surface area contributed by atoms with Gasteiger partial charge >= 0.3 is 0 Å². The third-order valence-corrected chi connectivity index (χ3v) is 17.1. The van der Waals surface area contributed by atoms with Gasteiger partial charge in [0.2, 0.25) is 5.78 Å². The normalized spacial score (nSPS) is 23.6. The molecule has 4 atom stereocenters. The molecule has 0 aliphatic heterocycles. The summed E-state index contributed by atoms with van der Waals surface area (Å²) in [7, 11) is 5.08. The molecule has 0 fully saturated rings. The molecule has 0 spiro atoms. The van der Waals surface area contributed by atoms with Crippen molar-refractivity contribution in [2.24, 2.45) is 11.8 Å². The first-order valence-electron chi connectivity index (χ1n) is 17.3. The first kappa shape index (κ1) is 36.7. The molecule has 1 aromatic heterocycles. The Morgan fingerprint density at radius 2 is 1.72 bits per heavy atom. The van der Waals surface area contributed by atoms with Crippen LogP contribution in [0.5, 0.6) is 5.88 Å². The summed E-state index contributed by atoms with van der Waals surface area (Å²) < 4.78 is 20.4. The molecule has 1 heterocycles. The molecule has 0 saturated carbocycles. The van der Waals surface area contributed by atoms with Crippen LogP contribution >= 0.6 is 15.9 Å². The zero-order valence-corrected chi connectivity index (χ0v) is 33.7. The summed E-state index contributed by atoms with van der Waals surface area (Å²) in [5.74, 6) is -1.44. The van der Waals surface area contributed by atoms with Crippen LogP contribution in [0, 0.1) is 25.7 Å². The van der Waals surface area contributed by atoms with E-state index in [1.165, 1.54) is 0 Å². The summed E-state index contributed by atoms with van der Waals surface area (Å²) in [6, 6.07) is 9.14. The molecule has 0 amide bonds. The van der Waals surface area contributed by atoms with Gasteiger partial charge in [0.15, 0.2) is 25.5 Å². The number of aliphatic hydroxyl groups is 1. The van der Waals surface area contributed by atoms with E-state index >= 15 is 4.79 Å². The number of aliphatic hydroxyl groups excluding tert-OH is 1. The quantitative estimate of drug-likeness (QED) is 0.228. The van der Waals surface area contributed by atoms with Crippen molar-refractivity contribution in [2.75, 3.05) is 28.2 Å². The molecule has 3 aromatic rings. The molecule has 1 N–H and O–H groups in total. The highest BCUT2D eigenvalue weighted by Gasteiger charge is 2.67. The number of carbonyl (C=O) groups is 2. The monoisotopic (exact) mass is 763 g/mol. The van der Waals surface area contributed by atoms with Crippen LogP contribution in [0.25, 0.3) is 0 Å². The Kier molecular flexibility index (Phi) is 9.42. The van der Waals surface area contributed by atoms with E-state index < -0.39 is 31.7 Å². The fourth-order valence-corrected chi connectivity index (χ4v) is 10.1. The van der Waals surface area contributed by atoms with E-state index in [0.717, 1.165) is 32.3 Å². The second-order valence-electron chi connectivity index (χ2n) is 16.3. The number of rotatable bonds is 8. The Balaban J connectivity index is 1.59. The van der Waals surface area contributed by atoms with Crippen molar-refractivity contribution in [3.8, 4) is 5.88 Å². The van der Waals surface area contributed by atoms with Gasteiger partial charge in [-0.2, -0.15) is 0 Å². The SMILES string of the molecule is Cc1c(Br)c2c(c(C)c1CN(C)C)C(=O)C1=C(O)[C@]3(O[Si](C)(C)C(C)(C)C)C(=O)c4c(OCc5ccccc5)noc4[C@@H](N(C)C)[C@@H]3C[C@@H]1C2. The van der Waals surface area contributed by atoms with Crippen LogP contribution in [0.15, 0.2) is 50.7 Å². The molecule has 3 aliphatic rings. The van der Waals surface area contributed by atoms with E-state index in [9.17, 15) is 9.90 Å². The number of aromatic nitrogens is 1. The number of benzene rings is 2. The van der Waals surface area contributed by atoms with E-state index in [-0.39, 0.29) is 46.1 Å². The predicted octanol–water partition coefficient (Wildman–Crippen LogP) is 8.14. The fraction of sp³-hybridized carbons (Fsp3) is 0.513. The molecule has 0 unspecified atom stereocenters. The fourth-order valence-electron chi connectivity index (χ4n) is 8.04. The number of ether oxygens (including phenoxy) is 1. The highest BCUT2D eigenvalue weighted by molar-refractivity contribution is 9.10. The minimum Gasteiger partial charge on any atom is -0.508 e. The molecule has 2 aromatic carbocycles. The number of fused-ring (bicyclic) bond motifs is 4. The van der Waals surface area contributed by atoms with Gasteiger partial charge in [-0.15, -0.1) is 0 Å². The van der Waals surface area contributed by atoms with Gasteiger partial charge in [0, 0.05) is 28.1 Å². The van der Waals surface area contributed by atoms with Gasteiger partial charge < -0.3 is 23.7 Å². The molecule has 268 valence electrons. The Morgan fingerprint density at radius 1 is 1.06 bits per heavy atom. The lowest BCUT2D eigenvalue weighted by atomic mass is 9.58. The summed E-state index contributed by atoms with van der Waals surface area (Å²) in [6.07, 6.45) is 0.971. The predicted molar refractivity (Wildman–Crippen MR) is 199 cm³/mol. The summed E-state index contributed by atoms with van der Waals surface area (Å²) >= 11 is 3.87. The molecule has 0 bridgehead atoms. The summed E-state index contributed by atoms with van der Waals surface area (Å²) in [5, 5.41) is 16.8. The maximum absolute atomic E-state index is 15.4. The second kappa shape index (κ2) is 12.8. The molecular formula is C39H50BrN3O6Si. The third-order valence-electron chi connectivity index (χ3n) is 11.5. The number of hydrogen-bond donors (Lipinski definition) is 1. The smallest absolute Gasteiger partial charge is 0.265 e. The Bertz CT molecular complexity index is 1890. The van der Waals surface area contributed by atoms with Crippen LogP contribution < -0.4 is 4.74 Å². The number of nitrogens with zero attached hydrogens (tertiary/aromatic N) is 3. The summed E-state index contributed by atoms with van der Waals surface area (Å²) in [5.41, 5.74) is 4.13. The van der Waals surface area contributed by atoms with Crippen LogP contribution in [0.1, 0.15) is 87.5 Å². The number of carbonyl (C=O) groups excluding carboxylic acids is 2. The topological polar surface area (TPSA) is 105 Å². The van der Waals surface area contributed by atoms with E-state index in [4.69, 9.17) is 13.7 Å². The highest BCUT2D eigenvalue weighted by atomic mass is 79.9. The van der Waals surface area contributed by atoms with Crippen molar-refractivity contribution in [1.29, 1.82) is 0 Å². The number of allylic oxidation sites excluding steroid dienone is 1. The van der Waals surface area contributed by atoms with Crippen molar-refractivity contribution >= 4 is 35.8 Å². The lowest BCUT2D eigenvalue weighted by molar-refractivity contribution is -0.0480. The van der Waals surface area contributed by atoms with Gasteiger partial charge in [0.25, 0.3) is 5.88 Å². The number of hydrogen-bond acceptors (Lipinski definition) is 9. The average Bonchev–Trinajstić information content (AvgIpc) is 3.45. The maximum atomic E-state index is 15.4. The van der Waals surface area contributed by atoms with Crippen LogP contribution in [-0.2, 0) is 24.0 Å². The van der Waals surface area contributed by atoms with Crippen molar-refractivity contribution in [3.05, 3.63) is 90.8 Å². The number of Topliss-reactive ketones (excluding diaryl/α,β-unsaturated/α-hetero) is 2. The molecule has 0 saturated heterocycles. The highest BCUT2D eigenvalue weighted by Crippen LogP contribution is 2.60. The molecule has 9 nitrogen and oxygen atoms in total. The molecule has 3 aliphatic carbocycles. The molecular weight excluding hydrogens is 714 g/mol. The van der Waals surface area contributed by atoms with Crippen LogP contribution in [0.4, 0.5) is 0 Å². The Morgan fingerprint density at radius 3 is 2.32 bits per heavy atom. The van der Waals surface area contributed by atoms with Crippen molar-refractivity contribution < 1.29 is 28.4 Å². The van der Waals surface area contributed by atoms with E-state index in [2.05, 4.69) is 66.8 Å². The van der Waals surface area contributed by atoms with Crippen LogP contribution in [-0.4, -0.2) is 73.7 Å². The molecule has 11 heteroatoms. The largest absolute Gasteiger partial charge is 0.508 e. The third kappa shape index (κ3) is 5.64. The zero-order valence-electron chi connectivity index (χ0n) is 31.2. The molecule has 50 heavy (non-hydrogen) atoms. The van der Waals surface area contributed by atoms with Gasteiger partial charge in [0.05, 0.1) is 6.04 Å². The zero-order chi connectivity index (χ0) is 36.7. The van der Waals surface area contributed by atoms with Gasteiger partial charge in [0.1, 0.15) is 17.9 Å². The van der Waals surface area contributed by atoms with Crippen LogP contribution in [0.2, 0.25) is 18.1 Å². The van der Waals surface area contributed by atoms with Crippen LogP contribution in [0.3, 0.4) is 0 Å². The minimum atomic E-state index is -2.80. The standard InChI is InChI=1S/C39H50BrN3O6Si/c1-21-26(19-42(6)7)22(2)31(40)25-17-24-18-27-32(43(8)9)34-30(37(41-48-34)47-20-23-15-13-12-14-16-23)36(46)39(27,49-50(10,11)38(3,4)5)35(45)29(24)33(44)28(21)25/h12-16,24,27,32,45H,17-20H2,1-11H3/t24-,27-,32-,39-/m0/s1. The van der Waals surface area contributed by atoms with Crippen molar-refractivity contribution in [3.63, 3.8) is 0 Å². The van der Waals surface area contributed by atoms with Gasteiger partial charge in [-0.3, -0.25) is 14.5 Å². The van der Waals surface area contributed by atoms with E-state index in [0.29, 0.717) is 30.7 Å². The first-order valence-corrected chi connectivity index (χ1v) is 21.0. The maximum Gasteiger partial charge on any atom is 0.265 e.